The van der Waals surface area contributed by atoms with Crippen LogP contribution in [0, 0.1) is 0 Å². The first-order valence-corrected chi connectivity index (χ1v) is 3.17. The standard InChI is InChI=1S/C7H6F3N2/c1-11-5-2-3-6(12-4-5)7(8,9)10/h2-4H,1H3/q-1. The molecule has 1 aromatic rings. The van der Waals surface area contributed by atoms with Crippen molar-refractivity contribution in [2.75, 3.05) is 7.05 Å². The summed E-state index contributed by atoms with van der Waals surface area (Å²) in [6, 6.07) is 2.18. The molecule has 0 aliphatic rings. The highest BCUT2D eigenvalue weighted by Gasteiger charge is 2.31. The van der Waals surface area contributed by atoms with Gasteiger partial charge in [0, 0.05) is 6.20 Å². The average Bonchev–Trinajstić information content (AvgIpc) is 2.03. The number of pyridine rings is 1. The van der Waals surface area contributed by atoms with Gasteiger partial charge in [-0.05, 0) is 6.07 Å². The number of nitrogens with zero attached hydrogens (tertiary/aromatic N) is 2. The maximum absolute atomic E-state index is 11.9. The molecule has 1 rings (SSSR count). The zero-order valence-corrected chi connectivity index (χ0v) is 6.26. The fourth-order valence-corrected chi connectivity index (χ4v) is 0.686. The van der Waals surface area contributed by atoms with Gasteiger partial charge in [-0.15, -0.1) is 12.7 Å². The molecule has 0 radical (unpaired) electrons. The van der Waals surface area contributed by atoms with Crippen LogP contribution in [0.3, 0.4) is 0 Å². The van der Waals surface area contributed by atoms with Crippen molar-refractivity contribution in [3.05, 3.63) is 29.3 Å². The molecule has 2 nitrogen and oxygen atoms in total. The molecule has 0 atom stereocenters. The number of hydrogen-bond acceptors (Lipinski definition) is 1. The molecule has 0 aliphatic carbocycles. The Labute approximate surface area is 67.4 Å². The smallest absolute Gasteiger partial charge is 0.433 e. The van der Waals surface area contributed by atoms with Crippen LogP contribution in [0.1, 0.15) is 5.69 Å². The molecule has 1 heterocycles. The topological polar surface area (TPSA) is 27.0 Å². The van der Waals surface area contributed by atoms with Gasteiger partial charge in [0.2, 0.25) is 0 Å². The summed E-state index contributed by atoms with van der Waals surface area (Å²) in [7, 11) is 1.49. The van der Waals surface area contributed by atoms with Crippen molar-refractivity contribution in [1.82, 2.24) is 4.98 Å². The van der Waals surface area contributed by atoms with Crippen molar-refractivity contribution in [3.63, 3.8) is 0 Å². The van der Waals surface area contributed by atoms with E-state index in [1.807, 2.05) is 0 Å². The van der Waals surface area contributed by atoms with Gasteiger partial charge in [-0.25, -0.2) is 0 Å². The van der Waals surface area contributed by atoms with Crippen molar-refractivity contribution in [1.29, 1.82) is 0 Å². The predicted molar refractivity (Wildman–Crippen MR) is 38.2 cm³/mol. The van der Waals surface area contributed by atoms with Crippen molar-refractivity contribution in [2.24, 2.45) is 0 Å². The van der Waals surface area contributed by atoms with Crippen molar-refractivity contribution < 1.29 is 13.2 Å². The van der Waals surface area contributed by atoms with E-state index in [1.165, 1.54) is 13.1 Å². The Hall–Kier alpha value is -1.26. The van der Waals surface area contributed by atoms with Crippen LogP contribution < -0.4 is 0 Å². The highest BCUT2D eigenvalue weighted by Crippen LogP contribution is 2.28. The van der Waals surface area contributed by atoms with E-state index in [9.17, 15) is 13.2 Å². The summed E-state index contributed by atoms with van der Waals surface area (Å²) in [5.74, 6) is 0. The molecule has 0 bridgehead atoms. The molecule has 0 aromatic carbocycles. The first kappa shape index (κ1) is 8.83. The molecule has 0 unspecified atom stereocenters. The Morgan fingerprint density at radius 3 is 2.33 bits per heavy atom. The van der Waals surface area contributed by atoms with E-state index in [1.54, 1.807) is 0 Å². The van der Waals surface area contributed by atoms with Crippen LogP contribution in [0.25, 0.3) is 5.32 Å². The first-order chi connectivity index (χ1) is 5.54. The second kappa shape index (κ2) is 3.00. The number of alkyl halides is 3. The van der Waals surface area contributed by atoms with Crippen LogP contribution in [-0.4, -0.2) is 12.0 Å². The van der Waals surface area contributed by atoms with E-state index in [0.717, 1.165) is 12.3 Å². The predicted octanol–water partition coefficient (Wildman–Crippen LogP) is 2.74. The van der Waals surface area contributed by atoms with E-state index in [4.69, 9.17) is 0 Å². The average molecular weight is 175 g/mol. The molecule has 0 amide bonds. The first-order valence-electron chi connectivity index (χ1n) is 3.17. The largest absolute Gasteiger partial charge is 0.686 e. The van der Waals surface area contributed by atoms with Crippen molar-refractivity contribution in [3.8, 4) is 0 Å². The Bertz CT molecular complexity index is 252. The van der Waals surface area contributed by atoms with Crippen LogP contribution in [-0.2, 0) is 6.18 Å². The normalized spacial score (nSPS) is 11.3. The molecule has 0 N–H and O–H groups in total. The molecule has 0 saturated carbocycles. The van der Waals surface area contributed by atoms with Crippen LogP contribution in [0.2, 0.25) is 0 Å². The van der Waals surface area contributed by atoms with Crippen molar-refractivity contribution in [2.45, 2.75) is 6.18 Å². The fraction of sp³-hybridized carbons (Fsp3) is 0.286. The van der Waals surface area contributed by atoms with Crippen molar-refractivity contribution >= 4 is 5.69 Å². The summed E-state index contributed by atoms with van der Waals surface area (Å²) in [6.45, 7) is 0. The van der Waals surface area contributed by atoms with Crippen LogP contribution in [0.15, 0.2) is 18.3 Å². The summed E-state index contributed by atoms with van der Waals surface area (Å²) in [4.78, 5) is 3.20. The molecule has 5 heteroatoms. The van der Waals surface area contributed by atoms with Gasteiger partial charge in [-0.2, -0.15) is 13.2 Å². The minimum Gasteiger partial charge on any atom is -0.686 e. The van der Waals surface area contributed by atoms with E-state index in [-0.39, 0.29) is 0 Å². The maximum Gasteiger partial charge on any atom is 0.433 e. The second-order valence-electron chi connectivity index (χ2n) is 2.12. The quantitative estimate of drug-likeness (QED) is 0.644. The zero-order chi connectivity index (χ0) is 9.19. The zero-order valence-electron chi connectivity index (χ0n) is 6.26. The lowest BCUT2D eigenvalue weighted by Gasteiger charge is -2.13. The highest BCUT2D eigenvalue weighted by atomic mass is 19.4. The third-order valence-electron chi connectivity index (χ3n) is 1.30. The second-order valence-corrected chi connectivity index (χ2v) is 2.12. The number of rotatable bonds is 1. The summed E-state index contributed by atoms with van der Waals surface area (Å²) >= 11 is 0. The van der Waals surface area contributed by atoms with Gasteiger partial charge in [-0.3, -0.25) is 4.98 Å². The maximum atomic E-state index is 11.9. The van der Waals surface area contributed by atoms with Gasteiger partial charge in [0.25, 0.3) is 0 Å². The van der Waals surface area contributed by atoms with Gasteiger partial charge >= 0.3 is 6.18 Å². The fourth-order valence-electron chi connectivity index (χ4n) is 0.686. The lowest BCUT2D eigenvalue weighted by molar-refractivity contribution is -0.141. The van der Waals surface area contributed by atoms with Crippen LogP contribution >= 0.6 is 0 Å². The minimum absolute atomic E-state index is 0.433. The summed E-state index contributed by atoms with van der Waals surface area (Å²) < 4.78 is 35.8. The lowest BCUT2D eigenvalue weighted by Crippen LogP contribution is -2.06. The third kappa shape index (κ3) is 1.87. The molecule has 0 saturated heterocycles. The van der Waals surface area contributed by atoms with Gasteiger partial charge in [-0.1, -0.05) is 6.07 Å². The number of aromatic nitrogens is 1. The van der Waals surface area contributed by atoms with Crippen LogP contribution in [0.5, 0.6) is 0 Å². The van der Waals surface area contributed by atoms with E-state index < -0.39 is 11.9 Å². The van der Waals surface area contributed by atoms with Gasteiger partial charge < -0.3 is 5.32 Å². The Kier molecular flexibility index (Phi) is 2.21. The molecule has 12 heavy (non-hydrogen) atoms. The van der Waals surface area contributed by atoms with E-state index in [2.05, 4.69) is 10.3 Å². The molecule has 66 valence electrons. The lowest BCUT2D eigenvalue weighted by atomic mass is 10.3. The minimum atomic E-state index is -4.37. The highest BCUT2D eigenvalue weighted by molar-refractivity contribution is 5.45. The van der Waals surface area contributed by atoms with E-state index >= 15 is 0 Å². The summed E-state index contributed by atoms with van der Waals surface area (Å²) in [5.41, 5.74) is -0.460. The molecule has 0 spiro atoms. The molecule has 0 aliphatic heterocycles. The third-order valence-corrected chi connectivity index (χ3v) is 1.30. The Balaban J connectivity index is 2.93. The Morgan fingerprint density at radius 2 is 2.00 bits per heavy atom. The monoisotopic (exact) mass is 175 g/mol. The summed E-state index contributed by atoms with van der Waals surface area (Å²) in [5, 5.41) is 3.66. The van der Waals surface area contributed by atoms with Crippen LogP contribution in [0.4, 0.5) is 18.9 Å². The van der Waals surface area contributed by atoms with Gasteiger partial charge in [0.1, 0.15) is 5.69 Å². The Morgan fingerprint density at radius 1 is 1.33 bits per heavy atom. The molecule has 0 fully saturated rings. The molecular weight excluding hydrogens is 169 g/mol. The van der Waals surface area contributed by atoms with Gasteiger partial charge in [0.05, 0.1) is 0 Å². The van der Waals surface area contributed by atoms with Gasteiger partial charge in [0.15, 0.2) is 0 Å². The summed E-state index contributed by atoms with van der Waals surface area (Å²) in [6.07, 6.45) is -3.28. The SMILES string of the molecule is C[N-]c1ccc(C(F)(F)F)nc1. The molecular formula is C7H6F3N2-. The van der Waals surface area contributed by atoms with E-state index in [0.29, 0.717) is 5.69 Å². The molecule has 1 aromatic heterocycles. The number of halogens is 3. The number of hydrogen-bond donors (Lipinski definition) is 0.